The number of methoxy groups -OCH3 is 3. The zero-order valence-electron chi connectivity index (χ0n) is 18.1. The molecule has 3 aromatic rings. The normalized spacial score (nSPS) is 18.2. The first-order valence-corrected chi connectivity index (χ1v) is 10.3. The van der Waals surface area contributed by atoms with Crippen molar-refractivity contribution in [3.8, 4) is 11.5 Å². The number of carbonyl (C=O) groups is 1. The highest BCUT2D eigenvalue weighted by Gasteiger charge is 2.40. The number of carbonyl (C=O) groups excluding carboxylic acids is 1. The largest absolute Gasteiger partial charge is 0.493 e. The minimum absolute atomic E-state index is 0.130. The second-order valence-corrected chi connectivity index (χ2v) is 7.62. The Labute approximate surface area is 183 Å². The Morgan fingerprint density at radius 3 is 2.13 bits per heavy atom. The van der Waals surface area contributed by atoms with Gasteiger partial charge in [-0.15, -0.1) is 0 Å². The van der Waals surface area contributed by atoms with Crippen LogP contribution in [0.1, 0.15) is 28.3 Å². The Balaban J connectivity index is 1.90. The highest BCUT2D eigenvalue weighted by Crippen LogP contribution is 2.43. The smallest absolute Gasteiger partial charge is 0.323 e. The Bertz CT molecular complexity index is 1040. The number of hydrogen-bond acceptors (Lipinski definition) is 5. The molecule has 0 radical (unpaired) electrons. The van der Waals surface area contributed by atoms with E-state index < -0.39 is 6.04 Å². The predicted octanol–water partition coefficient (Wildman–Crippen LogP) is 4.39. The fraction of sp³-hybridized carbons (Fsp3) is 0.269. The summed E-state index contributed by atoms with van der Waals surface area (Å²) in [5.41, 5.74) is 4.42. The van der Waals surface area contributed by atoms with E-state index in [0.29, 0.717) is 24.5 Å². The molecule has 31 heavy (non-hydrogen) atoms. The molecule has 0 bridgehead atoms. The lowest BCUT2D eigenvalue weighted by Gasteiger charge is -2.42. The van der Waals surface area contributed by atoms with E-state index in [9.17, 15) is 4.79 Å². The number of fused-ring (bicyclic) bond motifs is 1. The average molecular weight is 418 g/mol. The van der Waals surface area contributed by atoms with Crippen molar-refractivity contribution < 1.29 is 19.0 Å². The zero-order chi connectivity index (χ0) is 21.8. The molecule has 0 N–H and O–H groups in total. The molecule has 1 heterocycles. The summed E-state index contributed by atoms with van der Waals surface area (Å²) in [5.74, 6) is 1.10. The van der Waals surface area contributed by atoms with Crippen LogP contribution in [0.5, 0.6) is 11.5 Å². The molecule has 0 amide bonds. The minimum atomic E-state index is -0.416. The van der Waals surface area contributed by atoms with Crippen LogP contribution >= 0.6 is 0 Å². The zero-order valence-corrected chi connectivity index (χ0v) is 18.1. The third-order valence-electron chi connectivity index (χ3n) is 5.88. The standard InChI is InChI=1S/C26H27NO4/c1-29-23-15-20-14-22(26(28)31-3)27(17-18-10-6-4-7-11-18)25(19-12-8-5-9-13-19)21(20)16-24(23)30-2/h4-13,15-16,22,25H,14,17H2,1-3H3/t22-,25-/m0/s1. The summed E-state index contributed by atoms with van der Waals surface area (Å²) in [6.45, 7) is 0.619. The maximum absolute atomic E-state index is 12.9. The molecule has 5 heteroatoms. The lowest BCUT2D eigenvalue weighted by Crippen LogP contribution is -2.48. The van der Waals surface area contributed by atoms with Crippen molar-refractivity contribution in [1.29, 1.82) is 0 Å². The molecule has 4 rings (SSSR count). The van der Waals surface area contributed by atoms with Crippen LogP contribution in [0.3, 0.4) is 0 Å². The molecule has 1 aliphatic rings. The van der Waals surface area contributed by atoms with Crippen molar-refractivity contribution in [2.24, 2.45) is 0 Å². The third-order valence-corrected chi connectivity index (χ3v) is 5.88. The van der Waals surface area contributed by atoms with Crippen LogP contribution in [0.4, 0.5) is 0 Å². The molecule has 0 fully saturated rings. The van der Waals surface area contributed by atoms with Crippen LogP contribution < -0.4 is 9.47 Å². The third kappa shape index (κ3) is 4.14. The lowest BCUT2D eigenvalue weighted by molar-refractivity contribution is -0.148. The van der Waals surface area contributed by atoms with E-state index in [1.165, 1.54) is 7.11 Å². The van der Waals surface area contributed by atoms with Crippen LogP contribution in [-0.2, 0) is 22.5 Å². The number of nitrogens with zero attached hydrogens (tertiary/aromatic N) is 1. The van der Waals surface area contributed by atoms with Gasteiger partial charge in [0.2, 0.25) is 0 Å². The summed E-state index contributed by atoms with van der Waals surface area (Å²) < 4.78 is 16.4. The Kier molecular flexibility index (Phi) is 6.23. The van der Waals surface area contributed by atoms with Crippen molar-refractivity contribution >= 4 is 5.97 Å². The summed E-state index contributed by atoms with van der Waals surface area (Å²) in [7, 11) is 4.72. The van der Waals surface area contributed by atoms with Crippen LogP contribution in [0.25, 0.3) is 0 Å². The molecule has 5 nitrogen and oxygen atoms in total. The summed E-state index contributed by atoms with van der Waals surface area (Å²) in [6.07, 6.45) is 0.540. The van der Waals surface area contributed by atoms with Gasteiger partial charge in [0.1, 0.15) is 6.04 Å². The first-order chi connectivity index (χ1) is 15.2. The van der Waals surface area contributed by atoms with E-state index in [-0.39, 0.29) is 12.0 Å². The molecular formula is C26H27NO4. The maximum Gasteiger partial charge on any atom is 0.323 e. The van der Waals surface area contributed by atoms with Crippen molar-refractivity contribution in [2.45, 2.75) is 25.0 Å². The first-order valence-electron chi connectivity index (χ1n) is 10.3. The fourth-order valence-corrected chi connectivity index (χ4v) is 4.41. The van der Waals surface area contributed by atoms with E-state index in [2.05, 4.69) is 29.2 Å². The molecule has 0 aromatic heterocycles. The molecule has 0 spiro atoms. The van der Waals surface area contributed by atoms with Crippen molar-refractivity contribution in [3.63, 3.8) is 0 Å². The number of rotatable bonds is 6. The van der Waals surface area contributed by atoms with E-state index in [4.69, 9.17) is 14.2 Å². The van der Waals surface area contributed by atoms with Gasteiger partial charge >= 0.3 is 5.97 Å². The second-order valence-electron chi connectivity index (χ2n) is 7.62. The number of ether oxygens (including phenoxy) is 3. The van der Waals surface area contributed by atoms with Gasteiger partial charge < -0.3 is 14.2 Å². The minimum Gasteiger partial charge on any atom is -0.493 e. The number of esters is 1. The van der Waals surface area contributed by atoms with Crippen LogP contribution in [0.15, 0.2) is 72.8 Å². The Morgan fingerprint density at radius 1 is 0.903 bits per heavy atom. The highest BCUT2D eigenvalue weighted by molar-refractivity contribution is 5.77. The number of hydrogen-bond donors (Lipinski definition) is 0. The van der Waals surface area contributed by atoms with Gasteiger partial charge in [0.25, 0.3) is 0 Å². The van der Waals surface area contributed by atoms with Crippen molar-refractivity contribution in [1.82, 2.24) is 4.90 Å². The SMILES string of the molecule is COC(=O)[C@@H]1Cc2cc(OC)c(OC)cc2[C@H](c2ccccc2)N1Cc1ccccc1. The van der Waals surface area contributed by atoms with Gasteiger partial charge in [-0.2, -0.15) is 0 Å². The highest BCUT2D eigenvalue weighted by atomic mass is 16.5. The Hall–Kier alpha value is -3.31. The van der Waals surface area contributed by atoms with Crippen molar-refractivity contribution in [2.75, 3.05) is 21.3 Å². The molecule has 0 saturated heterocycles. The quantitative estimate of drug-likeness (QED) is 0.557. The van der Waals surface area contributed by atoms with Gasteiger partial charge in [0.15, 0.2) is 11.5 Å². The van der Waals surface area contributed by atoms with Gasteiger partial charge in [-0.05, 0) is 40.8 Å². The monoisotopic (exact) mass is 417 g/mol. The van der Waals surface area contributed by atoms with Gasteiger partial charge in [-0.25, -0.2) is 0 Å². The van der Waals surface area contributed by atoms with E-state index >= 15 is 0 Å². The molecular weight excluding hydrogens is 390 g/mol. The summed E-state index contributed by atoms with van der Waals surface area (Å²) in [6, 6.07) is 23.9. The molecule has 2 atom stereocenters. The van der Waals surface area contributed by atoms with Gasteiger partial charge in [0, 0.05) is 6.54 Å². The predicted molar refractivity (Wildman–Crippen MR) is 119 cm³/mol. The molecule has 0 unspecified atom stereocenters. The van der Waals surface area contributed by atoms with Crippen LogP contribution in [0.2, 0.25) is 0 Å². The van der Waals surface area contributed by atoms with Crippen LogP contribution in [-0.4, -0.2) is 38.2 Å². The molecule has 0 aliphatic carbocycles. The summed E-state index contributed by atoms with van der Waals surface area (Å²) in [4.78, 5) is 15.1. The maximum atomic E-state index is 12.9. The topological polar surface area (TPSA) is 48.0 Å². The average Bonchev–Trinajstić information content (AvgIpc) is 2.83. The molecule has 0 saturated carbocycles. The molecule has 160 valence electrons. The number of benzene rings is 3. The van der Waals surface area contributed by atoms with E-state index in [1.807, 2.05) is 48.5 Å². The molecule has 1 aliphatic heterocycles. The lowest BCUT2D eigenvalue weighted by atomic mass is 9.83. The fourth-order valence-electron chi connectivity index (χ4n) is 4.41. The van der Waals surface area contributed by atoms with Gasteiger partial charge in [-0.1, -0.05) is 60.7 Å². The van der Waals surface area contributed by atoms with Gasteiger partial charge in [0.05, 0.1) is 27.4 Å². The van der Waals surface area contributed by atoms with E-state index in [1.54, 1.807) is 14.2 Å². The molecule has 3 aromatic carbocycles. The van der Waals surface area contributed by atoms with E-state index in [0.717, 1.165) is 22.3 Å². The van der Waals surface area contributed by atoms with Crippen LogP contribution in [0, 0.1) is 0 Å². The Morgan fingerprint density at radius 2 is 1.52 bits per heavy atom. The summed E-state index contributed by atoms with van der Waals surface area (Å²) >= 11 is 0. The second kappa shape index (κ2) is 9.23. The van der Waals surface area contributed by atoms with Crippen molar-refractivity contribution in [3.05, 3.63) is 95.1 Å². The summed E-state index contributed by atoms with van der Waals surface area (Å²) in [5, 5.41) is 0. The van der Waals surface area contributed by atoms with Gasteiger partial charge in [-0.3, -0.25) is 9.69 Å². The first kappa shape index (κ1) is 20.9.